The van der Waals surface area contributed by atoms with Gasteiger partial charge in [0.15, 0.2) is 0 Å². The van der Waals surface area contributed by atoms with Gasteiger partial charge in [0.1, 0.15) is 0 Å². The van der Waals surface area contributed by atoms with Crippen LogP contribution < -0.4 is 0 Å². The zero-order valence-electron chi connectivity index (χ0n) is 44.4. The van der Waals surface area contributed by atoms with E-state index in [1.165, 1.54) is 81.9 Å². The van der Waals surface area contributed by atoms with Crippen molar-refractivity contribution >= 4 is 87.2 Å². The first-order chi connectivity index (χ1) is 40.7. The molecule has 0 aliphatic carbocycles. The Morgan fingerprint density at radius 1 is 0.207 bits per heavy atom. The smallest absolute Gasteiger partial charge is 0.0547 e. The van der Waals surface area contributed by atoms with Crippen LogP contribution in [0.25, 0.3) is 154 Å². The Balaban J connectivity index is 0.819. The molecule has 0 amide bonds. The highest BCUT2D eigenvalue weighted by molar-refractivity contribution is 6.23. The first kappa shape index (κ1) is 45.9. The molecule has 0 radical (unpaired) electrons. The molecule has 0 bridgehead atoms. The monoisotopic (exact) mass is 1040 g/mol. The van der Waals surface area contributed by atoms with Crippen LogP contribution in [-0.2, 0) is 0 Å². The van der Waals surface area contributed by atoms with Gasteiger partial charge in [0.25, 0.3) is 0 Å². The van der Waals surface area contributed by atoms with Gasteiger partial charge in [-0.05, 0) is 161 Å². The molecule has 0 saturated carbocycles. The third-order valence-electron chi connectivity index (χ3n) is 16.9. The molecule has 6 heteroatoms. The van der Waals surface area contributed by atoms with Crippen LogP contribution in [0.3, 0.4) is 0 Å². The van der Waals surface area contributed by atoms with Gasteiger partial charge in [0, 0.05) is 102 Å². The van der Waals surface area contributed by atoms with E-state index in [2.05, 4.69) is 283 Å². The molecule has 6 heterocycles. The van der Waals surface area contributed by atoms with Crippen LogP contribution in [0.2, 0.25) is 0 Å². The molecule has 6 aromatic heterocycles. The number of aromatic nitrogens is 6. The minimum atomic E-state index is 1.09. The van der Waals surface area contributed by atoms with Crippen LogP contribution in [0, 0.1) is 0 Å². The Bertz CT molecular complexity index is 5260. The van der Waals surface area contributed by atoms with Gasteiger partial charge in [-0.1, -0.05) is 140 Å². The molecule has 17 aromatic rings. The maximum Gasteiger partial charge on any atom is 0.0547 e. The second kappa shape index (κ2) is 18.2. The molecule has 0 fully saturated rings. The fraction of sp³-hybridized carbons (Fsp3) is 0. The van der Waals surface area contributed by atoms with Crippen molar-refractivity contribution in [1.29, 1.82) is 0 Å². The molecule has 0 N–H and O–H groups in total. The highest BCUT2D eigenvalue weighted by atomic mass is 15.0. The van der Waals surface area contributed by atoms with E-state index in [1.54, 1.807) is 0 Å². The van der Waals surface area contributed by atoms with E-state index in [1.807, 2.05) is 36.9 Å². The Labute approximate surface area is 471 Å². The van der Waals surface area contributed by atoms with Gasteiger partial charge in [-0.2, -0.15) is 0 Å². The number of para-hydroxylation sites is 3. The third-order valence-corrected chi connectivity index (χ3v) is 16.9. The molecule has 0 spiro atoms. The molecule has 0 aliphatic heterocycles. The molecule has 382 valence electrons. The number of rotatable bonds is 8. The Hall–Kier alpha value is -11.1. The second-order valence-corrected chi connectivity index (χ2v) is 21.4. The van der Waals surface area contributed by atoms with Crippen molar-refractivity contribution in [3.05, 3.63) is 292 Å². The molecular weight excluding hydrogens is 997 g/mol. The van der Waals surface area contributed by atoms with Crippen LogP contribution in [0.5, 0.6) is 0 Å². The summed E-state index contributed by atoms with van der Waals surface area (Å²) in [6, 6.07) is 97.8. The summed E-state index contributed by atoms with van der Waals surface area (Å²) < 4.78 is 9.72. The molecule has 0 unspecified atom stereocenters. The van der Waals surface area contributed by atoms with Crippen LogP contribution in [-0.4, -0.2) is 28.2 Å². The minimum absolute atomic E-state index is 1.09. The summed E-state index contributed by atoms with van der Waals surface area (Å²) in [5.74, 6) is 0. The van der Waals surface area contributed by atoms with Gasteiger partial charge in [-0.25, -0.2) is 0 Å². The zero-order valence-corrected chi connectivity index (χ0v) is 44.4. The van der Waals surface area contributed by atoms with E-state index in [9.17, 15) is 0 Å². The first-order valence-corrected chi connectivity index (χ1v) is 27.9. The summed E-state index contributed by atoms with van der Waals surface area (Å²) >= 11 is 0. The van der Waals surface area contributed by atoms with Gasteiger partial charge in [0.05, 0.1) is 44.1 Å². The summed E-state index contributed by atoms with van der Waals surface area (Å²) in [6.45, 7) is 0. The number of hydrogen-bond acceptors (Lipinski definition) is 2. The van der Waals surface area contributed by atoms with Crippen molar-refractivity contribution in [3.8, 4) is 67.3 Å². The molecule has 17 rings (SSSR count). The van der Waals surface area contributed by atoms with E-state index in [-0.39, 0.29) is 0 Å². The Morgan fingerprint density at radius 3 is 1.05 bits per heavy atom. The maximum absolute atomic E-state index is 4.45. The minimum Gasteiger partial charge on any atom is -0.309 e. The van der Waals surface area contributed by atoms with Crippen LogP contribution in [0.4, 0.5) is 0 Å². The fourth-order valence-corrected chi connectivity index (χ4v) is 13.3. The van der Waals surface area contributed by atoms with Crippen molar-refractivity contribution < 1.29 is 0 Å². The largest absolute Gasteiger partial charge is 0.309 e. The van der Waals surface area contributed by atoms with E-state index in [0.29, 0.717) is 0 Å². The molecule has 0 saturated heterocycles. The molecule has 0 atom stereocenters. The lowest BCUT2D eigenvalue weighted by Crippen LogP contribution is -1.97. The van der Waals surface area contributed by atoms with E-state index >= 15 is 0 Å². The van der Waals surface area contributed by atoms with Crippen molar-refractivity contribution in [3.63, 3.8) is 0 Å². The first-order valence-electron chi connectivity index (χ1n) is 27.9. The third kappa shape index (κ3) is 7.01. The summed E-state index contributed by atoms with van der Waals surface area (Å²) in [5, 5.41) is 9.69. The summed E-state index contributed by atoms with van der Waals surface area (Å²) in [7, 11) is 0. The molecule has 82 heavy (non-hydrogen) atoms. The summed E-state index contributed by atoms with van der Waals surface area (Å²) in [6.07, 6.45) is 7.53. The fourth-order valence-electron chi connectivity index (χ4n) is 13.3. The average Bonchev–Trinajstić information content (AvgIpc) is 3.53. The van der Waals surface area contributed by atoms with Gasteiger partial charge >= 0.3 is 0 Å². The van der Waals surface area contributed by atoms with Gasteiger partial charge < -0.3 is 18.3 Å². The van der Waals surface area contributed by atoms with Crippen LogP contribution in [0.15, 0.2) is 292 Å². The SMILES string of the molecule is c1ccc(-c2ccc3c(c2)c2cc(-n4c5ccccc5c5c(-c6cccc7c6c6ccccc6n7-c6ccc(-n7c8ccc(-c9cccnc9)cc8c8cc(-c9cccnc9)ccc87)cc6)cccc54)ccc2n3-c2ccccc2)cc1. The predicted octanol–water partition coefficient (Wildman–Crippen LogP) is 19.5. The van der Waals surface area contributed by atoms with Crippen molar-refractivity contribution in [1.82, 2.24) is 28.2 Å². The van der Waals surface area contributed by atoms with Crippen LogP contribution >= 0.6 is 0 Å². The lowest BCUT2D eigenvalue weighted by molar-refractivity contribution is 1.14. The standard InChI is InChI=1S/C76H48N6/c1-3-15-49(16-4-1)50-29-37-71-65(43-50)66-46-58(36-40-72(66)79(71)55-19-5-2-6-20-55)82-68-26-10-8-22-62(68)76-60(24-12-28-74(76)82)59-23-11-27-73-75(59)61-21-7-9-25-67(61)81(73)57-34-32-56(33-35-57)80-69-38-30-51(53-17-13-41-77-47-53)44-63(69)64-45-52(31-39-70(64)80)54-18-14-42-78-48-54/h1-48H. The average molecular weight is 1050 g/mol. The number of fused-ring (bicyclic) bond motifs is 12. The van der Waals surface area contributed by atoms with Crippen molar-refractivity contribution in [2.24, 2.45) is 0 Å². The number of pyridine rings is 2. The number of hydrogen-bond donors (Lipinski definition) is 0. The van der Waals surface area contributed by atoms with E-state index < -0.39 is 0 Å². The Morgan fingerprint density at radius 2 is 0.561 bits per heavy atom. The lowest BCUT2D eigenvalue weighted by Gasteiger charge is -2.13. The predicted molar refractivity (Wildman–Crippen MR) is 341 cm³/mol. The Kier molecular flexibility index (Phi) is 10.2. The summed E-state index contributed by atoms with van der Waals surface area (Å²) in [4.78, 5) is 8.89. The van der Waals surface area contributed by atoms with Crippen LogP contribution in [0.1, 0.15) is 0 Å². The zero-order chi connectivity index (χ0) is 53.8. The number of nitrogens with zero attached hydrogens (tertiary/aromatic N) is 6. The van der Waals surface area contributed by atoms with E-state index in [4.69, 9.17) is 0 Å². The highest BCUT2D eigenvalue weighted by Crippen LogP contribution is 2.46. The topological polar surface area (TPSA) is 45.5 Å². The van der Waals surface area contributed by atoms with Gasteiger partial charge in [0.2, 0.25) is 0 Å². The molecular formula is C76H48N6. The summed E-state index contributed by atoms with van der Waals surface area (Å²) in [5.41, 5.74) is 23.0. The van der Waals surface area contributed by atoms with E-state index in [0.717, 1.165) is 72.6 Å². The normalized spacial score (nSPS) is 11.9. The van der Waals surface area contributed by atoms with Gasteiger partial charge in [-0.3, -0.25) is 9.97 Å². The second-order valence-electron chi connectivity index (χ2n) is 21.4. The maximum atomic E-state index is 4.45. The van der Waals surface area contributed by atoms with Crippen molar-refractivity contribution in [2.75, 3.05) is 0 Å². The highest BCUT2D eigenvalue weighted by Gasteiger charge is 2.23. The van der Waals surface area contributed by atoms with Crippen molar-refractivity contribution in [2.45, 2.75) is 0 Å². The number of benzene rings is 11. The molecule has 6 nitrogen and oxygen atoms in total. The molecule has 11 aromatic carbocycles. The quantitative estimate of drug-likeness (QED) is 0.152. The van der Waals surface area contributed by atoms with Gasteiger partial charge in [-0.15, -0.1) is 0 Å². The lowest BCUT2D eigenvalue weighted by atomic mass is 9.95. The molecule has 0 aliphatic rings.